The number of nitrogens with zero attached hydrogens (tertiary/aromatic N) is 2. The van der Waals surface area contributed by atoms with Crippen molar-refractivity contribution in [2.24, 2.45) is 4.99 Å². The predicted octanol–water partition coefficient (Wildman–Crippen LogP) is 9.62. The molecule has 2 aliphatic rings. The van der Waals surface area contributed by atoms with E-state index < -0.39 is 0 Å². The van der Waals surface area contributed by atoms with E-state index in [1.165, 1.54) is 0 Å². The number of amidine groups is 1. The summed E-state index contributed by atoms with van der Waals surface area (Å²) in [6.07, 6.45) is 3.30. The van der Waals surface area contributed by atoms with Gasteiger partial charge in [-0.15, -0.1) is 0 Å². The van der Waals surface area contributed by atoms with Crippen LogP contribution in [0.1, 0.15) is 36.1 Å². The molecular weight excluding hydrogens is 601 g/mol. The first-order valence-corrected chi connectivity index (χ1v) is 16.8. The molecule has 0 aliphatic carbocycles. The first kappa shape index (κ1) is 30.1. The maximum atomic E-state index is 6.73. The van der Waals surface area contributed by atoms with Crippen LogP contribution in [0.4, 0.5) is 28.4 Å². The Kier molecular flexibility index (Phi) is 7.82. The van der Waals surface area contributed by atoms with Gasteiger partial charge in [-0.05, 0) is 77.2 Å². The van der Waals surface area contributed by atoms with E-state index in [-0.39, 0.29) is 12.2 Å². The van der Waals surface area contributed by atoms with Crippen LogP contribution in [0.2, 0.25) is 0 Å². The highest BCUT2D eigenvalue weighted by atomic mass is 15.3. The van der Waals surface area contributed by atoms with Gasteiger partial charge >= 0.3 is 0 Å². The van der Waals surface area contributed by atoms with E-state index in [4.69, 9.17) is 16.5 Å². The number of nitrogens with two attached hydrogens (primary N) is 2. The van der Waals surface area contributed by atoms with Crippen LogP contribution in [0.5, 0.6) is 0 Å². The second-order valence-electron chi connectivity index (χ2n) is 12.5. The summed E-state index contributed by atoms with van der Waals surface area (Å²) < 4.78 is 0. The van der Waals surface area contributed by atoms with Gasteiger partial charge < -0.3 is 27.0 Å². The average Bonchev–Trinajstić information content (AvgIpc) is 3.55. The van der Waals surface area contributed by atoms with E-state index in [9.17, 15) is 0 Å². The zero-order chi connectivity index (χ0) is 33.3. The maximum Gasteiger partial charge on any atom is 0.134 e. The molecule has 0 saturated carbocycles. The lowest BCUT2D eigenvalue weighted by Crippen LogP contribution is -2.31. The number of hydrogen-bond donors (Lipinski definition) is 4. The molecule has 2 aliphatic heterocycles. The van der Waals surface area contributed by atoms with Crippen molar-refractivity contribution in [2.45, 2.75) is 25.6 Å². The molecule has 0 bridgehead atoms. The highest BCUT2D eigenvalue weighted by Gasteiger charge is 2.29. The zero-order valence-electron chi connectivity index (χ0n) is 27.3. The van der Waals surface area contributed by atoms with Gasteiger partial charge in [0.15, 0.2) is 0 Å². The summed E-state index contributed by atoms with van der Waals surface area (Å²) in [6.45, 7) is 2.20. The molecule has 6 heteroatoms. The summed E-state index contributed by atoms with van der Waals surface area (Å²) in [5, 5.41) is 7.40. The van der Waals surface area contributed by atoms with Crippen molar-refractivity contribution in [3.05, 3.63) is 168 Å². The monoisotopic (exact) mass is 638 g/mol. The Morgan fingerprint density at radius 2 is 1.27 bits per heavy atom. The summed E-state index contributed by atoms with van der Waals surface area (Å²) in [5.41, 5.74) is 26.3. The fraction of sp³-hybridized carbons (Fsp3) is 0.0930. The minimum Gasteiger partial charge on any atom is -0.398 e. The lowest BCUT2D eigenvalue weighted by atomic mass is 9.90. The van der Waals surface area contributed by atoms with Gasteiger partial charge in [0.25, 0.3) is 0 Å². The quantitative estimate of drug-likeness (QED) is 0.131. The van der Waals surface area contributed by atoms with Crippen LogP contribution in [0.15, 0.2) is 157 Å². The van der Waals surface area contributed by atoms with Gasteiger partial charge in [0, 0.05) is 33.8 Å². The normalized spacial score (nSPS) is 16.6. The maximum absolute atomic E-state index is 6.73. The van der Waals surface area contributed by atoms with Crippen molar-refractivity contribution in [3.63, 3.8) is 0 Å². The fourth-order valence-corrected chi connectivity index (χ4v) is 6.95. The van der Waals surface area contributed by atoms with E-state index in [0.717, 1.165) is 74.0 Å². The number of benzene rings is 6. The van der Waals surface area contributed by atoms with Crippen LogP contribution in [-0.2, 0) is 0 Å². The van der Waals surface area contributed by atoms with Crippen molar-refractivity contribution in [1.29, 1.82) is 0 Å². The zero-order valence-corrected chi connectivity index (χ0v) is 27.3. The third-order valence-corrected chi connectivity index (χ3v) is 9.42. The molecule has 6 nitrogen and oxygen atoms in total. The first-order chi connectivity index (χ1) is 24.1. The Morgan fingerprint density at radius 1 is 0.612 bits per heavy atom. The SMILES string of the molecule is CCC1Nc2ccccc2N1c1ccc(N)c(-c2cc(-c3ccccc3C3C=C(c4ccccc4)N=C(c4ccccc4)N3)ccc2N)c1. The van der Waals surface area contributed by atoms with Gasteiger partial charge in [0.05, 0.1) is 23.1 Å². The molecule has 0 aromatic heterocycles. The molecule has 2 heterocycles. The van der Waals surface area contributed by atoms with Crippen molar-refractivity contribution in [1.82, 2.24) is 5.32 Å². The fourth-order valence-electron chi connectivity index (χ4n) is 6.95. The van der Waals surface area contributed by atoms with Gasteiger partial charge in [-0.3, -0.25) is 0 Å². The van der Waals surface area contributed by atoms with E-state index >= 15 is 0 Å². The molecule has 0 saturated heterocycles. The molecule has 8 rings (SSSR count). The molecule has 6 aromatic rings. The number of fused-ring (bicyclic) bond motifs is 1. The molecule has 6 aromatic carbocycles. The van der Waals surface area contributed by atoms with Crippen molar-refractivity contribution in [2.75, 3.05) is 21.7 Å². The van der Waals surface area contributed by atoms with Gasteiger partial charge in [-0.2, -0.15) is 0 Å². The largest absolute Gasteiger partial charge is 0.398 e. The van der Waals surface area contributed by atoms with Gasteiger partial charge in [-0.25, -0.2) is 4.99 Å². The van der Waals surface area contributed by atoms with Crippen LogP contribution in [0, 0.1) is 0 Å². The summed E-state index contributed by atoms with van der Waals surface area (Å²) >= 11 is 0. The predicted molar refractivity (Wildman–Crippen MR) is 206 cm³/mol. The van der Waals surface area contributed by atoms with Gasteiger partial charge in [0.1, 0.15) is 12.0 Å². The second-order valence-corrected chi connectivity index (χ2v) is 12.5. The Labute approximate surface area is 287 Å². The van der Waals surface area contributed by atoms with Crippen LogP contribution in [-0.4, -0.2) is 12.0 Å². The topological polar surface area (TPSA) is 91.7 Å². The number of aliphatic imine (C=N–C) groups is 1. The van der Waals surface area contributed by atoms with Crippen molar-refractivity contribution >= 4 is 40.0 Å². The Morgan fingerprint density at radius 3 is 2.04 bits per heavy atom. The summed E-state index contributed by atoms with van der Waals surface area (Å²) in [4.78, 5) is 7.42. The van der Waals surface area contributed by atoms with Crippen LogP contribution in [0.25, 0.3) is 28.0 Å². The number of hydrogen-bond acceptors (Lipinski definition) is 6. The highest BCUT2D eigenvalue weighted by molar-refractivity contribution is 6.03. The minimum absolute atomic E-state index is 0.123. The number of para-hydroxylation sites is 2. The van der Waals surface area contributed by atoms with E-state index in [1.807, 2.05) is 36.4 Å². The number of nitrogen functional groups attached to an aromatic ring is 2. The molecule has 0 fully saturated rings. The molecule has 49 heavy (non-hydrogen) atoms. The lowest BCUT2D eigenvalue weighted by molar-refractivity contribution is 0.728. The van der Waals surface area contributed by atoms with E-state index in [2.05, 4.69) is 138 Å². The molecule has 2 unspecified atom stereocenters. The molecule has 6 N–H and O–H groups in total. The Bertz CT molecular complexity index is 2210. The smallest absolute Gasteiger partial charge is 0.134 e. The van der Waals surface area contributed by atoms with Crippen LogP contribution in [0.3, 0.4) is 0 Å². The third kappa shape index (κ3) is 5.68. The Hall–Kier alpha value is -6.27. The Balaban J connectivity index is 1.20. The van der Waals surface area contributed by atoms with Crippen molar-refractivity contribution < 1.29 is 0 Å². The van der Waals surface area contributed by atoms with E-state index in [1.54, 1.807) is 0 Å². The summed E-state index contributed by atoms with van der Waals surface area (Å²) in [5.74, 6) is 0.840. The standard InChI is InChI=1S/C43H38N6/c1-2-42-46-38-19-11-12-20-41(38)49(42)31-22-24-37(45)35(26-31)34-25-30(21-23-36(34)44)32-17-9-10-18-33(32)40-27-39(28-13-5-3-6-14-28)47-43(48-40)29-15-7-4-8-16-29/h3-27,40,42,46H,2,44-45H2,1H3,(H,47,48). The minimum atomic E-state index is -0.123. The molecule has 240 valence electrons. The molecule has 0 spiro atoms. The van der Waals surface area contributed by atoms with Gasteiger partial charge in [0.2, 0.25) is 0 Å². The lowest BCUT2D eigenvalue weighted by Gasteiger charge is -2.27. The molecule has 0 radical (unpaired) electrons. The molecular formula is C43H38N6. The number of anilines is 5. The summed E-state index contributed by atoms with van der Waals surface area (Å²) in [7, 11) is 0. The number of rotatable bonds is 7. The van der Waals surface area contributed by atoms with Crippen molar-refractivity contribution in [3.8, 4) is 22.3 Å². The van der Waals surface area contributed by atoms with E-state index in [0.29, 0.717) is 11.4 Å². The van der Waals surface area contributed by atoms with Gasteiger partial charge in [-0.1, -0.05) is 110 Å². The second kappa shape index (κ2) is 12.7. The number of nitrogens with one attached hydrogen (secondary N) is 2. The molecule has 0 amide bonds. The van der Waals surface area contributed by atoms with Crippen LogP contribution >= 0.6 is 0 Å². The summed E-state index contributed by atoms with van der Waals surface area (Å²) in [6, 6.07) is 50.0. The highest BCUT2D eigenvalue weighted by Crippen LogP contribution is 2.44. The van der Waals surface area contributed by atoms with Crippen LogP contribution < -0.4 is 27.0 Å². The third-order valence-electron chi connectivity index (χ3n) is 9.42. The average molecular weight is 639 g/mol. The first-order valence-electron chi connectivity index (χ1n) is 16.8. The molecule has 2 atom stereocenters.